The van der Waals surface area contributed by atoms with Crippen molar-refractivity contribution in [1.29, 1.82) is 0 Å². The summed E-state index contributed by atoms with van der Waals surface area (Å²) in [5, 5.41) is 3.45. The highest BCUT2D eigenvalue weighted by atomic mass is 16.2. The van der Waals surface area contributed by atoms with Gasteiger partial charge in [-0.15, -0.1) is 0 Å². The van der Waals surface area contributed by atoms with E-state index >= 15 is 0 Å². The molecule has 1 amide bonds. The molecule has 1 aromatic carbocycles. The molecule has 4 nitrogen and oxygen atoms in total. The van der Waals surface area contributed by atoms with Gasteiger partial charge in [0.1, 0.15) is 0 Å². The molecule has 116 valence electrons. The topological polar surface area (TPSA) is 58.4 Å². The Morgan fingerprint density at radius 3 is 2.71 bits per heavy atom. The van der Waals surface area contributed by atoms with Crippen molar-refractivity contribution in [3.8, 4) is 0 Å². The molecule has 3 N–H and O–H groups in total. The van der Waals surface area contributed by atoms with Crippen LogP contribution < -0.4 is 11.1 Å². The molecule has 0 saturated heterocycles. The van der Waals surface area contributed by atoms with Crippen LogP contribution in [0.4, 0.5) is 11.4 Å². The third-order valence-corrected chi connectivity index (χ3v) is 4.55. The van der Waals surface area contributed by atoms with E-state index < -0.39 is 0 Å². The van der Waals surface area contributed by atoms with E-state index in [1.54, 1.807) is 25.1 Å². The van der Waals surface area contributed by atoms with Gasteiger partial charge >= 0.3 is 0 Å². The third kappa shape index (κ3) is 3.90. The minimum absolute atomic E-state index is 0.00378. The number of hydrogen-bond acceptors (Lipinski definition) is 3. The number of amides is 1. The molecule has 1 saturated carbocycles. The van der Waals surface area contributed by atoms with E-state index in [1.807, 2.05) is 12.1 Å². The lowest BCUT2D eigenvalue weighted by Crippen LogP contribution is -2.25. The molecule has 0 heterocycles. The van der Waals surface area contributed by atoms with Crippen LogP contribution in [0, 0.1) is 11.8 Å². The van der Waals surface area contributed by atoms with E-state index in [0.29, 0.717) is 17.2 Å². The van der Waals surface area contributed by atoms with Crippen LogP contribution in [0.2, 0.25) is 0 Å². The molecular weight excluding hydrogens is 262 g/mol. The zero-order chi connectivity index (χ0) is 15.4. The monoisotopic (exact) mass is 289 g/mol. The number of nitrogens with two attached hydrogens (primary N) is 1. The highest BCUT2D eigenvalue weighted by Crippen LogP contribution is 2.30. The van der Waals surface area contributed by atoms with Gasteiger partial charge in [-0.2, -0.15) is 0 Å². The molecule has 0 radical (unpaired) electrons. The van der Waals surface area contributed by atoms with E-state index in [1.165, 1.54) is 25.7 Å². The molecule has 1 aliphatic rings. The Balaban J connectivity index is 2.05. The van der Waals surface area contributed by atoms with Gasteiger partial charge in [-0.25, -0.2) is 0 Å². The maximum absolute atomic E-state index is 12.0. The number of nitrogens with zero attached hydrogens (tertiary/aromatic N) is 1. The molecule has 0 aromatic heterocycles. The number of carbonyl (C=O) groups is 1. The predicted molar refractivity (Wildman–Crippen MR) is 88.5 cm³/mol. The average Bonchev–Trinajstić information content (AvgIpc) is 2.47. The van der Waals surface area contributed by atoms with Crippen LogP contribution in [-0.4, -0.2) is 31.4 Å². The van der Waals surface area contributed by atoms with Gasteiger partial charge in [-0.3, -0.25) is 4.79 Å². The fourth-order valence-corrected chi connectivity index (χ4v) is 3.04. The van der Waals surface area contributed by atoms with Crippen molar-refractivity contribution in [3.63, 3.8) is 0 Å². The first kappa shape index (κ1) is 15.7. The number of benzene rings is 1. The standard InChI is InChI=1S/C17H27N3O/c1-12-6-4-5-7-14(12)11-19-16-10-13(8-9-15(16)18)17(21)20(2)3/h8-10,12,14,19H,4-7,11,18H2,1-3H3. The Hall–Kier alpha value is -1.71. The minimum atomic E-state index is 0.00378. The number of carbonyl (C=O) groups excluding carboxylic acids is 1. The summed E-state index contributed by atoms with van der Waals surface area (Å²) in [6, 6.07) is 5.46. The Morgan fingerprint density at radius 2 is 2.05 bits per heavy atom. The molecule has 1 aromatic rings. The zero-order valence-electron chi connectivity index (χ0n) is 13.4. The van der Waals surface area contributed by atoms with E-state index in [-0.39, 0.29) is 5.91 Å². The van der Waals surface area contributed by atoms with Gasteiger partial charge in [0.05, 0.1) is 11.4 Å². The molecule has 0 aliphatic heterocycles. The molecule has 0 spiro atoms. The summed E-state index contributed by atoms with van der Waals surface area (Å²) in [5.74, 6) is 1.47. The summed E-state index contributed by atoms with van der Waals surface area (Å²) >= 11 is 0. The third-order valence-electron chi connectivity index (χ3n) is 4.55. The van der Waals surface area contributed by atoms with Gasteiger partial charge in [-0.1, -0.05) is 26.2 Å². The molecule has 21 heavy (non-hydrogen) atoms. The number of nitrogen functional groups attached to an aromatic ring is 1. The molecule has 4 heteroatoms. The molecular formula is C17H27N3O. The van der Waals surface area contributed by atoms with Crippen molar-refractivity contribution in [2.24, 2.45) is 11.8 Å². The van der Waals surface area contributed by atoms with Crippen LogP contribution in [0.3, 0.4) is 0 Å². The lowest BCUT2D eigenvalue weighted by Gasteiger charge is -2.29. The summed E-state index contributed by atoms with van der Waals surface area (Å²) in [5.41, 5.74) is 8.28. The van der Waals surface area contributed by atoms with Crippen LogP contribution in [0.5, 0.6) is 0 Å². The SMILES string of the molecule is CC1CCCCC1CNc1cc(C(=O)N(C)C)ccc1N. The zero-order valence-corrected chi connectivity index (χ0v) is 13.4. The first-order valence-corrected chi connectivity index (χ1v) is 7.84. The first-order chi connectivity index (χ1) is 9.99. The predicted octanol–water partition coefficient (Wildman–Crippen LogP) is 3.21. The second kappa shape index (κ2) is 6.83. The van der Waals surface area contributed by atoms with Gasteiger partial charge in [0.2, 0.25) is 0 Å². The van der Waals surface area contributed by atoms with Gasteiger partial charge in [-0.05, 0) is 36.5 Å². The lowest BCUT2D eigenvalue weighted by atomic mass is 9.80. The maximum atomic E-state index is 12.0. The van der Waals surface area contributed by atoms with Crippen LogP contribution in [0.25, 0.3) is 0 Å². The van der Waals surface area contributed by atoms with Crippen molar-refractivity contribution in [3.05, 3.63) is 23.8 Å². The van der Waals surface area contributed by atoms with Crippen LogP contribution in [0.15, 0.2) is 18.2 Å². The van der Waals surface area contributed by atoms with Crippen molar-refractivity contribution in [2.75, 3.05) is 31.7 Å². The van der Waals surface area contributed by atoms with Crippen LogP contribution in [-0.2, 0) is 0 Å². The second-order valence-corrected chi connectivity index (χ2v) is 6.40. The molecule has 1 aliphatic carbocycles. The van der Waals surface area contributed by atoms with Crippen molar-refractivity contribution in [1.82, 2.24) is 4.90 Å². The minimum Gasteiger partial charge on any atom is -0.397 e. The Labute approximate surface area is 127 Å². The van der Waals surface area contributed by atoms with E-state index in [9.17, 15) is 4.79 Å². The quantitative estimate of drug-likeness (QED) is 0.837. The smallest absolute Gasteiger partial charge is 0.253 e. The fourth-order valence-electron chi connectivity index (χ4n) is 3.04. The molecule has 2 atom stereocenters. The second-order valence-electron chi connectivity index (χ2n) is 6.40. The summed E-state index contributed by atoms with van der Waals surface area (Å²) in [7, 11) is 3.52. The summed E-state index contributed by atoms with van der Waals surface area (Å²) < 4.78 is 0. The summed E-state index contributed by atoms with van der Waals surface area (Å²) in [6.07, 6.45) is 5.28. The Bertz CT molecular complexity index is 499. The molecule has 2 rings (SSSR count). The van der Waals surface area contributed by atoms with Crippen molar-refractivity contribution < 1.29 is 4.79 Å². The molecule has 0 bridgehead atoms. The molecule has 2 unspecified atom stereocenters. The van der Waals surface area contributed by atoms with Gasteiger partial charge in [0.15, 0.2) is 0 Å². The van der Waals surface area contributed by atoms with Crippen molar-refractivity contribution in [2.45, 2.75) is 32.6 Å². The number of hydrogen-bond donors (Lipinski definition) is 2. The highest BCUT2D eigenvalue weighted by Gasteiger charge is 2.21. The number of rotatable bonds is 4. The summed E-state index contributed by atoms with van der Waals surface area (Å²) in [4.78, 5) is 13.6. The largest absolute Gasteiger partial charge is 0.397 e. The fraction of sp³-hybridized carbons (Fsp3) is 0.588. The highest BCUT2D eigenvalue weighted by molar-refractivity contribution is 5.95. The van der Waals surface area contributed by atoms with Gasteiger partial charge < -0.3 is 16.0 Å². The lowest BCUT2D eigenvalue weighted by molar-refractivity contribution is 0.0827. The molecule has 1 fully saturated rings. The van der Waals surface area contributed by atoms with E-state index in [4.69, 9.17) is 5.73 Å². The van der Waals surface area contributed by atoms with Crippen LogP contribution >= 0.6 is 0 Å². The average molecular weight is 289 g/mol. The van der Waals surface area contributed by atoms with Crippen LogP contribution in [0.1, 0.15) is 43.0 Å². The van der Waals surface area contributed by atoms with Gasteiger partial charge in [0, 0.05) is 26.2 Å². The van der Waals surface area contributed by atoms with E-state index in [0.717, 1.165) is 18.2 Å². The number of anilines is 2. The van der Waals surface area contributed by atoms with E-state index in [2.05, 4.69) is 12.2 Å². The Kier molecular flexibility index (Phi) is 5.10. The van der Waals surface area contributed by atoms with Crippen molar-refractivity contribution >= 4 is 17.3 Å². The first-order valence-electron chi connectivity index (χ1n) is 7.84. The Morgan fingerprint density at radius 1 is 1.33 bits per heavy atom. The summed E-state index contributed by atoms with van der Waals surface area (Å²) in [6.45, 7) is 3.27. The maximum Gasteiger partial charge on any atom is 0.253 e. The number of nitrogens with one attached hydrogen (secondary N) is 1. The van der Waals surface area contributed by atoms with Gasteiger partial charge in [0.25, 0.3) is 5.91 Å². The normalized spacial score (nSPS) is 21.9.